The molecule has 2 amide bonds. The molecule has 0 fully saturated rings. The molecule has 0 saturated carbocycles. The number of fused-ring (bicyclic) bond motifs is 1. The number of ether oxygens (including phenoxy) is 1. The molecule has 0 spiro atoms. The third-order valence-electron chi connectivity index (χ3n) is 5.97. The van der Waals surface area contributed by atoms with Gasteiger partial charge in [-0.3, -0.25) is 13.9 Å². The molecule has 0 bridgehead atoms. The molecule has 2 N–H and O–H groups in total. The molecule has 188 valence electrons. The first kappa shape index (κ1) is 25.2. The molecule has 1 aliphatic heterocycles. The quantitative estimate of drug-likeness (QED) is 0.480. The minimum atomic E-state index is -3.82. The van der Waals surface area contributed by atoms with Crippen molar-refractivity contribution in [2.75, 3.05) is 16.2 Å². The Labute approximate surface area is 211 Å². The van der Waals surface area contributed by atoms with E-state index in [1.54, 1.807) is 72.8 Å². The Kier molecular flexibility index (Phi) is 7.59. The molecule has 2 atom stereocenters. The van der Waals surface area contributed by atoms with Crippen LogP contribution in [0.15, 0.2) is 78.9 Å². The van der Waals surface area contributed by atoms with Crippen molar-refractivity contribution in [1.82, 2.24) is 5.32 Å². The van der Waals surface area contributed by atoms with Crippen LogP contribution in [0.2, 0.25) is 0 Å². The monoisotopic (exact) mass is 507 g/mol. The number of hydrogen-bond donors (Lipinski definition) is 2. The van der Waals surface area contributed by atoms with Crippen LogP contribution in [-0.2, 0) is 20.6 Å². The normalized spacial score (nSPS) is 15.8. The number of para-hydroxylation sites is 3. The SMILES string of the molecule is CC[C@H](C)NC(=O)c1ccccc1NC(=O)[C@@H]1CN(S(=O)(=O)Cc2ccccc2)c2ccccc2O1. The molecule has 0 aromatic heterocycles. The summed E-state index contributed by atoms with van der Waals surface area (Å²) < 4.78 is 33.9. The second-order valence-corrected chi connectivity index (χ2v) is 10.6. The van der Waals surface area contributed by atoms with Crippen LogP contribution in [0.1, 0.15) is 36.2 Å². The van der Waals surface area contributed by atoms with Crippen LogP contribution in [0.3, 0.4) is 0 Å². The number of carbonyl (C=O) groups is 2. The van der Waals surface area contributed by atoms with Crippen LogP contribution < -0.4 is 19.7 Å². The Balaban J connectivity index is 1.58. The van der Waals surface area contributed by atoms with Gasteiger partial charge in [-0.2, -0.15) is 0 Å². The summed E-state index contributed by atoms with van der Waals surface area (Å²) in [5.41, 5.74) is 1.66. The fourth-order valence-corrected chi connectivity index (χ4v) is 5.45. The van der Waals surface area contributed by atoms with Gasteiger partial charge in [0.2, 0.25) is 10.0 Å². The molecule has 0 radical (unpaired) electrons. The van der Waals surface area contributed by atoms with Gasteiger partial charge in [-0.25, -0.2) is 8.42 Å². The number of hydrogen-bond acceptors (Lipinski definition) is 5. The Morgan fingerprint density at radius 1 is 1.00 bits per heavy atom. The summed E-state index contributed by atoms with van der Waals surface area (Å²) in [6.45, 7) is 3.67. The minimum Gasteiger partial charge on any atom is -0.476 e. The summed E-state index contributed by atoms with van der Waals surface area (Å²) >= 11 is 0. The minimum absolute atomic E-state index is 0.0252. The van der Waals surface area contributed by atoms with Gasteiger partial charge in [-0.05, 0) is 43.2 Å². The fraction of sp³-hybridized carbons (Fsp3) is 0.259. The van der Waals surface area contributed by atoms with Crippen molar-refractivity contribution >= 4 is 33.2 Å². The number of sulfonamides is 1. The molecule has 3 aromatic carbocycles. The summed E-state index contributed by atoms with van der Waals surface area (Å²) in [4.78, 5) is 26.0. The highest BCUT2D eigenvalue weighted by Crippen LogP contribution is 2.36. The maximum atomic E-state index is 13.4. The zero-order valence-corrected chi connectivity index (χ0v) is 21.0. The van der Waals surface area contributed by atoms with Crippen molar-refractivity contribution in [1.29, 1.82) is 0 Å². The second kappa shape index (κ2) is 10.8. The summed E-state index contributed by atoms with van der Waals surface area (Å²) in [5, 5.41) is 5.65. The largest absolute Gasteiger partial charge is 0.476 e. The fourth-order valence-electron chi connectivity index (χ4n) is 3.87. The zero-order chi connectivity index (χ0) is 25.7. The van der Waals surface area contributed by atoms with Crippen LogP contribution in [0.5, 0.6) is 5.75 Å². The number of benzene rings is 3. The third kappa shape index (κ3) is 5.68. The first-order valence-corrected chi connectivity index (χ1v) is 13.4. The topological polar surface area (TPSA) is 105 Å². The van der Waals surface area contributed by atoms with Gasteiger partial charge in [-0.1, -0.05) is 61.5 Å². The predicted molar refractivity (Wildman–Crippen MR) is 140 cm³/mol. The molecule has 4 rings (SSSR count). The Morgan fingerprint density at radius 3 is 2.42 bits per heavy atom. The maximum Gasteiger partial charge on any atom is 0.267 e. The zero-order valence-electron chi connectivity index (χ0n) is 20.2. The van der Waals surface area contributed by atoms with Crippen LogP contribution in [-0.4, -0.2) is 38.9 Å². The van der Waals surface area contributed by atoms with Gasteiger partial charge < -0.3 is 15.4 Å². The third-order valence-corrected chi connectivity index (χ3v) is 7.69. The molecular formula is C27H29N3O5S. The van der Waals surface area contributed by atoms with E-state index in [2.05, 4.69) is 10.6 Å². The van der Waals surface area contributed by atoms with Crippen LogP contribution >= 0.6 is 0 Å². The first-order chi connectivity index (χ1) is 17.3. The lowest BCUT2D eigenvalue weighted by molar-refractivity contribution is -0.122. The highest BCUT2D eigenvalue weighted by Gasteiger charge is 2.37. The number of nitrogens with zero attached hydrogens (tertiary/aromatic N) is 1. The number of anilines is 2. The second-order valence-electron chi connectivity index (χ2n) is 8.66. The van der Waals surface area contributed by atoms with E-state index in [1.807, 2.05) is 19.9 Å². The van der Waals surface area contributed by atoms with Crippen LogP contribution in [0.4, 0.5) is 11.4 Å². The molecular weight excluding hydrogens is 478 g/mol. The van der Waals surface area contributed by atoms with E-state index in [1.165, 1.54) is 4.31 Å². The molecule has 36 heavy (non-hydrogen) atoms. The molecule has 0 unspecified atom stereocenters. The van der Waals surface area contributed by atoms with E-state index in [0.29, 0.717) is 28.3 Å². The maximum absolute atomic E-state index is 13.4. The highest BCUT2D eigenvalue weighted by molar-refractivity contribution is 7.92. The van der Waals surface area contributed by atoms with E-state index in [9.17, 15) is 18.0 Å². The lowest BCUT2D eigenvalue weighted by Gasteiger charge is -2.34. The van der Waals surface area contributed by atoms with Crippen molar-refractivity contribution in [3.8, 4) is 5.75 Å². The first-order valence-electron chi connectivity index (χ1n) is 11.8. The van der Waals surface area contributed by atoms with Crippen molar-refractivity contribution < 1.29 is 22.7 Å². The van der Waals surface area contributed by atoms with Gasteiger partial charge in [0, 0.05) is 6.04 Å². The Bertz CT molecular complexity index is 1340. The molecule has 9 heteroatoms. The van der Waals surface area contributed by atoms with Crippen LogP contribution in [0, 0.1) is 0 Å². The van der Waals surface area contributed by atoms with E-state index in [4.69, 9.17) is 4.74 Å². The summed E-state index contributed by atoms with van der Waals surface area (Å²) in [5.74, 6) is -0.770. The Morgan fingerprint density at radius 2 is 1.67 bits per heavy atom. The number of amides is 2. The van der Waals surface area contributed by atoms with E-state index < -0.39 is 22.0 Å². The van der Waals surface area contributed by atoms with Gasteiger partial charge in [0.05, 0.1) is 29.2 Å². The van der Waals surface area contributed by atoms with Crippen LogP contribution in [0.25, 0.3) is 0 Å². The van der Waals surface area contributed by atoms with Crippen molar-refractivity contribution in [3.05, 3.63) is 90.0 Å². The average Bonchev–Trinajstić information content (AvgIpc) is 2.88. The molecule has 0 aliphatic carbocycles. The average molecular weight is 508 g/mol. The van der Waals surface area contributed by atoms with Crippen molar-refractivity contribution in [2.24, 2.45) is 0 Å². The van der Waals surface area contributed by atoms with E-state index in [-0.39, 0.29) is 24.2 Å². The smallest absolute Gasteiger partial charge is 0.267 e. The lowest BCUT2D eigenvalue weighted by Crippen LogP contribution is -2.49. The summed E-state index contributed by atoms with van der Waals surface area (Å²) in [6.07, 6.45) is -0.348. The van der Waals surface area contributed by atoms with Crippen molar-refractivity contribution in [2.45, 2.75) is 38.2 Å². The van der Waals surface area contributed by atoms with Gasteiger partial charge in [0.25, 0.3) is 11.8 Å². The lowest BCUT2D eigenvalue weighted by atomic mass is 10.1. The summed E-state index contributed by atoms with van der Waals surface area (Å²) in [6, 6.07) is 22.3. The number of carbonyl (C=O) groups excluding carboxylic acids is 2. The predicted octanol–water partition coefficient (Wildman–Crippen LogP) is 3.95. The van der Waals surface area contributed by atoms with E-state index >= 15 is 0 Å². The molecule has 0 saturated heterocycles. The molecule has 8 nitrogen and oxygen atoms in total. The molecule has 3 aromatic rings. The highest BCUT2D eigenvalue weighted by atomic mass is 32.2. The Hall–Kier alpha value is -3.85. The number of rotatable bonds is 8. The summed E-state index contributed by atoms with van der Waals surface area (Å²) in [7, 11) is -3.82. The van der Waals surface area contributed by atoms with Gasteiger partial charge in [-0.15, -0.1) is 0 Å². The van der Waals surface area contributed by atoms with Gasteiger partial charge in [0.1, 0.15) is 5.75 Å². The number of nitrogens with one attached hydrogen (secondary N) is 2. The van der Waals surface area contributed by atoms with Crippen molar-refractivity contribution in [3.63, 3.8) is 0 Å². The molecule has 1 aliphatic rings. The van der Waals surface area contributed by atoms with Gasteiger partial charge in [0.15, 0.2) is 6.10 Å². The molecule has 1 heterocycles. The van der Waals surface area contributed by atoms with E-state index in [0.717, 1.165) is 6.42 Å². The van der Waals surface area contributed by atoms with Gasteiger partial charge >= 0.3 is 0 Å². The standard InChI is InChI=1S/C27H29N3O5S/c1-3-19(2)28-26(31)21-13-7-8-14-22(21)29-27(32)25-17-30(23-15-9-10-16-24(23)35-25)36(33,34)18-20-11-5-4-6-12-20/h4-16,19,25H,3,17-18H2,1-2H3,(H,28,31)(H,29,32)/t19-,25-/m0/s1.